The van der Waals surface area contributed by atoms with Gasteiger partial charge in [-0.1, -0.05) is 0 Å². The lowest BCUT2D eigenvalue weighted by molar-refractivity contribution is -0.385. The molecule has 2 aromatic rings. The third kappa shape index (κ3) is 3.24. The van der Waals surface area contributed by atoms with E-state index in [9.17, 15) is 10.1 Å². The van der Waals surface area contributed by atoms with Crippen LogP contribution in [-0.4, -0.2) is 12.0 Å². The molecule has 0 bridgehead atoms. The molecule has 0 N–H and O–H groups in total. The molecule has 0 spiro atoms. The van der Waals surface area contributed by atoms with Gasteiger partial charge in [-0.3, -0.25) is 10.1 Å². The fraction of sp³-hybridized carbons (Fsp3) is 0.167. The minimum Gasteiger partial charge on any atom is -0.490 e. The van der Waals surface area contributed by atoms with Crippen molar-refractivity contribution in [1.29, 1.82) is 0 Å². The Hall–Kier alpha value is -1.60. The lowest BCUT2D eigenvalue weighted by Crippen LogP contribution is -1.97. The summed E-state index contributed by atoms with van der Waals surface area (Å²) in [5.41, 5.74) is -0.106. The van der Waals surface area contributed by atoms with E-state index >= 15 is 0 Å². The van der Waals surface area contributed by atoms with Crippen LogP contribution in [0.4, 0.5) is 5.69 Å². The van der Waals surface area contributed by atoms with E-state index in [1.807, 2.05) is 11.4 Å². The summed E-state index contributed by atoms with van der Waals surface area (Å²) < 4.78 is 11.4. The number of hydrogen-bond donors (Lipinski definition) is 0. The van der Waals surface area contributed by atoms with Crippen molar-refractivity contribution in [2.75, 3.05) is 7.11 Å². The van der Waals surface area contributed by atoms with Crippen molar-refractivity contribution in [3.8, 4) is 11.5 Å². The van der Waals surface area contributed by atoms with E-state index in [1.54, 1.807) is 17.4 Å². The maximum Gasteiger partial charge on any atom is 0.314 e. The Labute approximate surface area is 122 Å². The number of hydrogen-bond acceptors (Lipinski definition) is 5. The van der Waals surface area contributed by atoms with Gasteiger partial charge < -0.3 is 9.47 Å². The van der Waals surface area contributed by atoms with Crippen molar-refractivity contribution in [2.45, 2.75) is 6.61 Å². The van der Waals surface area contributed by atoms with Crippen LogP contribution in [0.25, 0.3) is 0 Å². The quantitative estimate of drug-likeness (QED) is 0.607. The van der Waals surface area contributed by atoms with Gasteiger partial charge in [-0.05, 0) is 39.5 Å². The fourth-order valence-electron chi connectivity index (χ4n) is 1.48. The van der Waals surface area contributed by atoms with Gasteiger partial charge in [0.05, 0.1) is 23.0 Å². The zero-order chi connectivity index (χ0) is 13.8. The first kappa shape index (κ1) is 13.8. The fourth-order valence-corrected chi connectivity index (χ4v) is 2.86. The highest BCUT2D eigenvalue weighted by molar-refractivity contribution is 9.10. The Morgan fingerprint density at radius 2 is 2.21 bits per heavy atom. The zero-order valence-corrected chi connectivity index (χ0v) is 12.4. The summed E-state index contributed by atoms with van der Waals surface area (Å²) in [6.45, 7) is 0.363. The summed E-state index contributed by atoms with van der Waals surface area (Å²) in [4.78, 5) is 11.4. The van der Waals surface area contributed by atoms with Gasteiger partial charge in [0.2, 0.25) is 0 Å². The Kier molecular flexibility index (Phi) is 4.39. The smallest absolute Gasteiger partial charge is 0.314 e. The topological polar surface area (TPSA) is 61.6 Å². The number of ether oxygens (including phenoxy) is 2. The average Bonchev–Trinajstić information content (AvgIpc) is 2.81. The second-order valence-electron chi connectivity index (χ2n) is 3.57. The number of benzene rings is 1. The van der Waals surface area contributed by atoms with Crippen LogP contribution in [0, 0.1) is 10.1 Å². The van der Waals surface area contributed by atoms with Crippen LogP contribution in [0.2, 0.25) is 0 Å². The third-order valence-corrected chi connectivity index (χ3v) is 4.31. The van der Waals surface area contributed by atoms with Crippen LogP contribution >= 0.6 is 27.3 Å². The standard InChI is InChI=1S/C12H10BrNO4S/c1-17-11-3-2-8(6-10(11)14(15)16)18-7-12-9(13)4-5-19-12/h2-6H,7H2,1H3. The number of rotatable bonds is 5. The van der Waals surface area contributed by atoms with Gasteiger partial charge in [-0.2, -0.15) is 0 Å². The summed E-state index contributed by atoms with van der Waals surface area (Å²) in [5.74, 6) is 0.655. The number of nitro benzene ring substituents is 1. The molecular formula is C12H10BrNO4S. The summed E-state index contributed by atoms with van der Waals surface area (Å²) in [6.07, 6.45) is 0. The molecule has 0 aliphatic heterocycles. The SMILES string of the molecule is COc1ccc(OCc2sccc2Br)cc1[N+](=O)[O-]. The predicted octanol–water partition coefficient (Wildman–Crippen LogP) is 4.01. The number of nitrogens with zero attached hydrogens (tertiary/aromatic N) is 1. The van der Waals surface area contributed by atoms with Crippen molar-refractivity contribution in [3.63, 3.8) is 0 Å². The van der Waals surface area contributed by atoms with E-state index in [0.29, 0.717) is 12.4 Å². The summed E-state index contributed by atoms with van der Waals surface area (Å²) >= 11 is 4.96. The third-order valence-electron chi connectivity index (χ3n) is 2.41. The monoisotopic (exact) mass is 343 g/mol. The Balaban J connectivity index is 2.15. The van der Waals surface area contributed by atoms with Gasteiger partial charge in [0.15, 0.2) is 5.75 Å². The van der Waals surface area contributed by atoms with Crippen LogP contribution in [0.15, 0.2) is 34.1 Å². The highest BCUT2D eigenvalue weighted by atomic mass is 79.9. The van der Waals surface area contributed by atoms with E-state index in [4.69, 9.17) is 9.47 Å². The van der Waals surface area contributed by atoms with E-state index in [0.717, 1.165) is 9.35 Å². The Morgan fingerprint density at radius 3 is 2.79 bits per heavy atom. The molecule has 0 aliphatic carbocycles. The van der Waals surface area contributed by atoms with E-state index < -0.39 is 4.92 Å². The van der Waals surface area contributed by atoms with Gasteiger partial charge >= 0.3 is 5.69 Å². The molecule has 1 heterocycles. The molecular weight excluding hydrogens is 334 g/mol. The van der Waals surface area contributed by atoms with Crippen LogP contribution in [0.3, 0.4) is 0 Å². The maximum atomic E-state index is 10.9. The number of thiophene rings is 1. The molecule has 0 aliphatic rings. The average molecular weight is 344 g/mol. The van der Waals surface area contributed by atoms with E-state index in [2.05, 4.69) is 15.9 Å². The summed E-state index contributed by atoms with van der Waals surface area (Å²) in [5, 5.41) is 12.8. The van der Waals surface area contributed by atoms with E-state index in [1.165, 1.54) is 19.2 Å². The Morgan fingerprint density at radius 1 is 1.42 bits per heavy atom. The van der Waals surface area contributed by atoms with Gasteiger partial charge in [-0.25, -0.2) is 0 Å². The molecule has 0 fully saturated rings. The van der Waals surface area contributed by atoms with Crippen molar-refractivity contribution in [3.05, 3.63) is 49.1 Å². The van der Waals surface area contributed by atoms with Crippen molar-refractivity contribution in [2.24, 2.45) is 0 Å². The summed E-state index contributed by atoms with van der Waals surface area (Å²) in [7, 11) is 1.39. The molecule has 1 aromatic heterocycles. The Bertz CT molecular complexity index is 599. The van der Waals surface area contributed by atoms with Gasteiger partial charge in [-0.15, -0.1) is 11.3 Å². The molecule has 0 unspecified atom stereocenters. The van der Waals surface area contributed by atoms with Crippen molar-refractivity contribution >= 4 is 33.0 Å². The molecule has 0 atom stereocenters. The molecule has 7 heteroatoms. The molecule has 100 valence electrons. The number of nitro groups is 1. The predicted molar refractivity (Wildman–Crippen MR) is 76.0 cm³/mol. The lowest BCUT2D eigenvalue weighted by Gasteiger charge is -2.07. The van der Waals surface area contributed by atoms with Crippen LogP contribution in [0.1, 0.15) is 4.88 Å². The first-order chi connectivity index (χ1) is 9.11. The molecule has 5 nitrogen and oxygen atoms in total. The molecule has 2 rings (SSSR count). The minimum absolute atomic E-state index is 0.106. The molecule has 0 saturated carbocycles. The lowest BCUT2D eigenvalue weighted by atomic mass is 10.3. The molecule has 0 saturated heterocycles. The second kappa shape index (κ2) is 6.03. The maximum absolute atomic E-state index is 10.9. The van der Waals surface area contributed by atoms with Crippen LogP contribution in [-0.2, 0) is 6.61 Å². The normalized spacial score (nSPS) is 10.2. The number of halogens is 1. The molecule has 19 heavy (non-hydrogen) atoms. The first-order valence-electron chi connectivity index (χ1n) is 5.29. The highest BCUT2D eigenvalue weighted by Gasteiger charge is 2.16. The minimum atomic E-state index is -0.493. The van der Waals surface area contributed by atoms with Gasteiger partial charge in [0, 0.05) is 4.47 Å². The van der Waals surface area contributed by atoms with Gasteiger partial charge in [0.1, 0.15) is 12.4 Å². The van der Waals surface area contributed by atoms with Gasteiger partial charge in [0.25, 0.3) is 0 Å². The zero-order valence-electron chi connectivity index (χ0n) is 9.96. The molecule has 1 aromatic carbocycles. The first-order valence-corrected chi connectivity index (χ1v) is 6.96. The largest absolute Gasteiger partial charge is 0.490 e. The highest BCUT2D eigenvalue weighted by Crippen LogP contribution is 2.32. The summed E-state index contributed by atoms with van der Waals surface area (Å²) in [6, 6.07) is 6.46. The van der Waals surface area contributed by atoms with Crippen molar-refractivity contribution < 1.29 is 14.4 Å². The van der Waals surface area contributed by atoms with E-state index in [-0.39, 0.29) is 11.4 Å². The number of methoxy groups -OCH3 is 1. The van der Waals surface area contributed by atoms with Crippen LogP contribution < -0.4 is 9.47 Å². The van der Waals surface area contributed by atoms with Crippen molar-refractivity contribution in [1.82, 2.24) is 0 Å². The second-order valence-corrected chi connectivity index (χ2v) is 5.43. The molecule has 0 amide bonds. The van der Waals surface area contributed by atoms with Crippen LogP contribution in [0.5, 0.6) is 11.5 Å². The molecule has 0 radical (unpaired) electrons.